The number of hydrogen-bond acceptors (Lipinski definition) is 5. The van der Waals surface area contributed by atoms with Crippen LogP contribution in [0.15, 0.2) is 55.0 Å². The number of carbonyl (C=O) groups is 1. The number of ether oxygens (including phenoxy) is 2. The third kappa shape index (κ3) is 4.38. The molecule has 0 spiro atoms. The number of nitrogens with zero attached hydrogens (tertiary/aromatic N) is 3. The van der Waals surface area contributed by atoms with Gasteiger partial charge in [-0.15, -0.1) is 0 Å². The molecule has 2 aromatic heterocycles. The van der Waals surface area contributed by atoms with Crippen LogP contribution in [0.4, 0.5) is 5.82 Å². The van der Waals surface area contributed by atoms with Gasteiger partial charge in [0.15, 0.2) is 17.3 Å². The van der Waals surface area contributed by atoms with Crippen LogP contribution in [0.2, 0.25) is 0 Å². The van der Waals surface area contributed by atoms with Crippen molar-refractivity contribution in [2.45, 2.75) is 13.5 Å². The third-order valence-electron chi connectivity index (χ3n) is 3.58. The summed E-state index contributed by atoms with van der Waals surface area (Å²) in [5.74, 6) is 1.32. The highest BCUT2D eigenvalue weighted by atomic mass is 16.5. The van der Waals surface area contributed by atoms with E-state index in [2.05, 4.69) is 15.4 Å². The number of hydrogen-bond donors (Lipinski definition) is 1. The molecule has 0 unspecified atom stereocenters. The summed E-state index contributed by atoms with van der Waals surface area (Å²) < 4.78 is 13.1. The first-order chi connectivity index (χ1) is 12.7. The van der Waals surface area contributed by atoms with Crippen molar-refractivity contribution in [1.29, 1.82) is 0 Å². The summed E-state index contributed by atoms with van der Waals surface area (Å²) in [5.41, 5.74) is 1.42. The van der Waals surface area contributed by atoms with Gasteiger partial charge in [0, 0.05) is 42.8 Å². The zero-order valence-electron chi connectivity index (χ0n) is 14.7. The summed E-state index contributed by atoms with van der Waals surface area (Å²) in [6.07, 6.45) is 5.22. The molecule has 0 aliphatic rings. The van der Waals surface area contributed by atoms with E-state index in [-0.39, 0.29) is 5.91 Å². The standard InChI is InChI=1S/C19H20N4O3/c1-3-25-17-11-15(19(24)21-18-8-10-23(2)22-18)6-7-16(17)26-13-14-5-4-9-20-12-14/h4-12H,3,13H2,1-2H3,(H,21,22,24). The first-order valence-electron chi connectivity index (χ1n) is 8.25. The average molecular weight is 352 g/mol. The molecule has 1 aromatic carbocycles. The second-order valence-corrected chi connectivity index (χ2v) is 5.57. The maximum absolute atomic E-state index is 12.4. The minimum Gasteiger partial charge on any atom is -0.490 e. The lowest BCUT2D eigenvalue weighted by Gasteiger charge is -2.13. The number of nitrogens with one attached hydrogen (secondary N) is 1. The first-order valence-corrected chi connectivity index (χ1v) is 8.25. The Balaban J connectivity index is 1.74. The summed E-state index contributed by atoms with van der Waals surface area (Å²) in [6.45, 7) is 2.72. The summed E-state index contributed by atoms with van der Waals surface area (Å²) in [5, 5.41) is 6.89. The van der Waals surface area contributed by atoms with Gasteiger partial charge in [0.05, 0.1) is 6.61 Å². The maximum atomic E-state index is 12.4. The van der Waals surface area contributed by atoms with Crippen LogP contribution in [0, 0.1) is 0 Å². The van der Waals surface area contributed by atoms with E-state index >= 15 is 0 Å². The van der Waals surface area contributed by atoms with E-state index < -0.39 is 0 Å². The molecule has 7 nitrogen and oxygen atoms in total. The van der Waals surface area contributed by atoms with Crippen molar-refractivity contribution in [2.75, 3.05) is 11.9 Å². The minimum absolute atomic E-state index is 0.261. The topological polar surface area (TPSA) is 78.3 Å². The molecule has 3 aromatic rings. The van der Waals surface area contributed by atoms with Crippen LogP contribution in [-0.4, -0.2) is 27.3 Å². The Morgan fingerprint density at radius 2 is 2.08 bits per heavy atom. The molecular formula is C19H20N4O3. The van der Waals surface area contributed by atoms with Crippen LogP contribution in [0.5, 0.6) is 11.5 Å². The Hall–Kier alpha value is -3.35. The summed E-state index contributed by atoms with van der Waals surface area (Å²) in [7, 11) is 1.79. The van der Waals surface area contributed by atoms with Gasteiger partial charge in [0.25, 0.3) is 5.91 Å². The van der Waals surface area contributed by atoms with Crippen LogP contribution in [0.1, 0.15) is 22.8 Å². The van der Waals surface area contributed by atoms with Gasteiger partial charge in [-0.25, -0.2) is 0 Å². The normalized spacial score (nSPS) is 10.4. The number of carbonyl (C=O) groups excluding carboxylic acids is 1. The number of benzene rings is 1. The zero-order chi connectivity index (χ0) is 18.4. The van der Waals surface area contributed by atoms with Crippen molar-refractivity contribution < 1.29 is 14.3 Å². The number of rotatable bonds is 7. The molecule has 1 N–H and O–H groups in total. The van der Waals surface area contributed by atoms with Crippen molar-refractivity contribution in [1.82, 2.24) is 14.8 Å². The highest BCUT2D eigenvalue weighted by Gasteiger charge is 2.13. The molecule has 0 saturated carbocycles. The van der Waals surface area contributed by atoms with E-state index in [0.717, 1.165) is 5.56 Å². The lowest BCUT2D eigenvalue weighted by atomic mass is 10.2. The molecule has 134 valence electrons. The lowest BCUT2D eigenvalue weighted by Crippen LogP contribution is -2.13. The first kappa shape index (κ1) is 17.5. The second-order valence-electron chi connectivity index (χ2n) is 5.57. The van der Waals surface area contributed by atoms with Crippen LogP contribution in [0.25, 0.3) is 0 Å². The number of amides is 1. The van der Waals surface area contributed by atoms with Gasteiger partial charge in [-0.3, -0.25) is 14.5 Å². The van der Waals surface area contributed by atoms with Crippen LogP contribution in [-0.2, 0) is 13.7 Å². The molecule has 0 fully saturated rings. The minimum atomic E-state index is -0.261. The number of aryl methyl sites for hydroxylation is 1. The number of pyridine rings is 1. The van der Waals surface area contributed by atoms with E-state index in [1.54, 1.807) is 54.6 Å². The highest BCUT2D eigenvalue weighted by Crippen LogP contribution is 2.29. The van der Waals surface area contributed by atoms with Crippen LogP contribution < -0.4 is 14.8 Å². The van der Waals surface area contributed by atoms with Crippen molar-refractivity contribution in [3.05, 3.63) is 66.1 Å². The van der Waals surface area contributed by atoms with Crippen LogP contribution in [0.3, 0.4) is 0 Å². The molecule has 0 aliphatic heterocycles. The van der Waals surface area contributed by atoms with Crippen molar-refractivity contribution >= 4 is 11.7 Å². The number of aromatic nitrogens is 3. The van der Waals surface area contributed by atoms with E-state index in [9.17, 15) is 4.79 Å². The van der Waals surface area contributed by atoms with E-state index in [1.807, 2.05) is 19.1 Å². The fraction of sp³-hybridized carbons (Fsp3) is 0.211. The van der Waals surface area contributed by atoms with Gasteiger partial charge in [-0.2, -0.15) is 5.10 Å². The Kier molecular flexibility index (Phi) is 5.48. The molecule has 1 amide bonds. The predicted octanol–water partition coefficient (Wildman–Crippen LogP) is 3.05. The molecular weight excluding hydrogens is 332 g/mol. The van der Waals surface area contributed by atoms with Gasteiger partial charge in [0.1, 0.15) is 6.61 Å². The summed E-state index contributed by atoms with van der Waals surface area (Å²) in [6, 6.07) is 10.6. The van der Waals surface area contributed by atoms with Gasteiger partial charge in [-0.05, 0) is 31.2 Å². The molecule has 0 atom stereocenters. The Morgan fingerprint density at radius 3 is 2.77 bits per heavy atom. The fourth-order valence-electron chi connectivity index (χ4n) is 2.35. The van der Waals surface area contributed by atoms with E-state index in [0.29, 0.717) is 36.1 Å². The smallest absolute Gasteiger partial charge is 0.257 e. The molecule has 0 bridgehead atoms. The zero-order valence-corrected chi connectivity index (χ0v) is 14.7. The largest absolute Gasteiger partial charge is 0.490 e. The molecule has 7 heteroatoms. The van der Waals surface area contributed by atoms with Gasteiger partial charge in [-0.1, -0.05) is 6.07 Å². The molecule has 0 radical (unpaired) electrons. The summed E-state index contributed by atoms with van der Waals surface area (Å²) in [4.78, 5) is 16.5. The van der Waals surface area contributed by atoms with Crippen molar-refractivity contribution in [3.8, 4) is 11.5 Å². The van der Waals surface area contributed by atoms with Crippen molar-refractivity contribution in [2.24, 2.45) is 7.05 Å². The molecule has 3 rings (SSSR count). The molecule has 2 heterocycles. The molecule has 0 aliphatic carbocycles. The van der Waals surface area contributed by atoms with E-state index in [4.69, 9.17) is 9.47 Å². The molecule has 0 saturated heterocycles. The predicted molar refractivity (Wildman–Crippen MR) is 97.3 cm³/mol. The number of anilines is 1. The quantitative estimate of drug-likeness (QED) is 0.707. The Labute approximate surface area is 151 Å². The monoisotopic (exact) mass is 352 g/mol. The summed E-state index contributed by atoms with van der Waals surface area (Å²) >= 11 is 0. The Morgan fingerprint density at radius 1 is 1.19 bits per heavy atom. The highest BCUT2D eigenvalue weighted by molar-refractivity contribution is 6.04. The van der Waals surface area contributed by atoms with Crippen molar-refractivity contribution in [3.63, 3.8) is 0 Å². The van der Waals surface area contributed by atoms with Gasteiger partial charge < -0.3 is 14.8 Å². The SMILES string of the molecule is CCOc1cc(C(=O)Nc2ccn(C)n2)ccc1OCc1cccnc1. The average Bonchev–Trinajstić information content (AvgIpc) is 3.06. The Bertz CT molecular complexity index is 878. The third-order valence-corrected chi connectivity index (χ3v) is 3.58. The van der Waals surface area contributed by atoms with E-state index in [1.165, 1.54) is 0 Å². The molecule has 26 heavy (non-hydrogen) atoms. The van der Waals surface area contributed by atoms with Gasteiger partial charge in [0.2, 0.25) is 0 Å². The second kappa shape index (κ2) is 8.15. The lowest BCUT2D eigenvalue weighted by molar-refractivity contribution is 0.102. The van der Waals surface area contributed by atoms with Crippen LogP contribution >= 0.6 is 0 Å². The maximum Gasteiger partial charge on any atom is 0.257 e. The fourth-order valence-corrected chi connectivity index (χ4v) is 2.35. The van der Waals surface area contributed by atoms with Gasteiger partial charge >= 0.3 is 0 Å².